The van der Waals surface area contributed by atoms with Gasteiger partial charge in [-0.1, -0.05) is 12.1 Å². The molecule has 0 radical (unpaired) electrons. The number of ether oxygens (including phenoxy) is 1. The first-order valence-corrected chi connectivity index (χ1v) is 5.70. The van der Waals surface area contributed by atoms with Gasteiger partial charge in [-0.3, -0.25) is 9.79 Å². The Hall–Kier alpha value is -2.27. The summed E-state index contributed by atoms with van der Waals surface area (Å²) in [5, 5.41) is 9.50. The van der Waals surface area contributed by atoms with E-state index in [9.17, 15) is 14.7 Å². The molecule has 1 aromatic carbocycles. The number of benzene rings is 1. The normalized spacial score (nSPS) is 18.7. The Labute approximate surface area is 110 Å². The minimum atomic E-state index is -1.21. The van der Waals surface area contributed by atoms with Crippen molar-refractivity contribution in [2.24, 2.45) is 4.99 Å². The van der Waals surface area contributed by atoms with Gasteiger partial charge in [0.25, 0.3) is 0 Å². The Morgan fingerprint density at radius 1 is 1.32 bits per heavy atom. The number of carbonyl (C=O) groups excluding carboxylic acids is 2. The first kappa shape index (κ1) is 13.2. The van der Waals surface area contributed by atoms with Crippen molar-refractivity contribution < 1.29 is 19.4 Å². The maximum atomic E-state index is 11.9. The Bertz CT molecular complexity index is 584. The molecular weight excluding hydrogens is 246 g/mol. The van der Waals surface area contributed by atoms with Crippen LogP contribution in [0.5, 0.6) is 0 Å². The lowest BCUT2D eigenvalue weighted by Gasteiger charge is -2.15. The standard InChI is InChI=1S/C14H13NO4/c1-8-12(13(17)11(16)7-15-8)9-3-5-10(6-4-9)14(18)19-2/h3-7,11,16H,1-2H3. The van der Waals surface area contributed by atoms with E-state index >= 15 is 0 Å². The molecular formula is C14H13NO4. The average Bonchev–Trinajstić information content (AvgIpc) is 2.43. The SMILES string of the molecule is COC(=O)c1ccc(C2=C(C)N=CC(O)C2=O)cc1. The van der Waals surface area contributed by atoms with Crippen molar-refractivity contribution >= 4 is 23.5 Å². The molecule has 98 valence electrons. The Morgan fingerprint density at radius 3 is 2.53 bits per heavy atom. The molecule has 0 fully saturated rings. The highest BCUT2D eigenvalue weighted by Crippen LogP contribution is 2.25. The smallest absolute Gasteiger partial charge is 0.337 e. The number of aliphatic hydroxyl groups excluding tert-OH is 1. The first-order chi connectivity index (χ1) is 9.04. The topological polar surface area (TPSA) is 76.0 Å². The zero-order chi connectivity index (χ0) is 14.0. The number of Topliss-reactive ketones (excluding diaryl/α,β-unsaturated/α-hetero) is 1. The van der Waals surface area contributed by atoms with Gasteiger partial charge in [-0.25, -0.2) is 4.79 Å². The number of nitrogens with zero attached hydrogens (tertiary/aromatic N) is 1. The van der Waals surface area contributed by atoms with Crippen LogP contribution in [0.3, 0.4) is 0 Å². The number of allylic oxidation sites excluding steroid dienone is 1. The van der Waals surface area contributed by atoms with E-state index in [1.807, 2.05) is 0 Å². The fraction of sp³-hybridized carbons (Fsp3) is 0.214. The molecule has 1 aliphatic heterocycles. The average molecular weight is 259 g/mol. The monoisotopic (exact) mass is 259 g/mol. The summed E-state index contributed by atoms with van der Waals surface area (Å²) in [5.41, 5.74) is 1.93. The summed E-state index contributed by atoms with van der Waals surface area (Å²) < 4.78 is 4.60. The van der Waals surface area contributed by atoms with Crippen LogP contribution in [-0.2, 0) is 9.53 Å². The van der Waals surface area contributed by atoms with Crippen LogP contribution in [0.1, 0.15) is 22.8 Å². The van der Waals surface area contributed by atoms with E-state index < -0.39 is 17.9 Å². The zero-order valence-corrected chi connectivity index (χ0v) is 10.6. The number of aliphatic hydroxyl groups is 1. The largest absolute Gasteiger partial charge is 0.465 e. The molecule has 1 atom stereocenters. The van der Waals surface area contributed by atoms with Crippen molar-refractivity contribution in [3.05, 3.63) is 41.1 Å². The number of ketones is 1. The van der Waals surface area contributed by atoms with Crippen molar-refractivity contribution in [2.45, 2.75) is 13.0 Å². The van der Waals surface area contributed by atoms with Crippen molar-refractivity contribution in [2.75, 3.05) is 7.11 Å². The first-order valence-electron chi connectivity index (χ1n) is 5.70. The van der Waals surface area contributed by atoms with Gasteiger partial charge in [0.1, 0.15) is 0 Å². The summed E-state index contributed by atoms with van der Waals surface area (Å²) in [7, 11) is 1.30. The Morgan fingerprint density at radius 2 is 1.95 bits per heavy atom. The van der Waals surface area contributed by atoms with Crippen LogP contribution < -0.4 is 0 Å². The highest BCUT2D eigenvalue weighted by atomic mass is 16.5. The van der Waals surface area contributed by atoms with Gasteiger partial charge in [-0.2, -0.15) is 0 Å². The molecule has 19 heavy (non-hydrogen) atoms. The Balaban J connectivity index is 2.40. The van der Waals surface area contributed by atoms with Crippen LogP contribution in [0.4, 0.5) is 0 Å². The summed E-state index contributed by atoms with van der Waals surface area (Å²) in [6.45, 7) is 1.70. The van der Waals surface area contributed by atoms with Crippen LogP contribution >= 0.6 is 0 Å². The van der Waals surface area contributed by atoms with Crippen molar-refractivity contribution in [1.29, 1.82) is 0 Å². The van der Waals surface area contributed by atoms with E-state index in [0.29, 0.717) is 22.4 Å². The van der Waals surface area contributed by atoms with Crippen LogP contribution in [0.2, 0.25) is 0 Å². The molecule has 0 saturated heterocycles. The van der Waals surface area contributed by atoms with Gasteiger partial charge in [-0.05, 0) is 24.6 Å². The van der Waals surface area contributed by atoms with Crippen LogP contribution in [0.25, 0.3) is 5.57 Å². The van der Waals surface area contributed by atoms with Crippen LogP contribution in [-0.4, -0.2) is 36.3 Å². The molecule has 0 aliphatic carbocycles. The molecule has 1 aromatic rings. The predicted molar refractivity (Wildman–Crippen MR) is 69.9 cm³/mol. The lowest BCUT2D eigenvalue weighted by atomic mass is 9.94. The van der Waals surface area contributed by atoms with Gasteiger partial charge in [-0.15, -0.1) is 0 Å². The molecule has 2 rings (SSSR count). The summed E-state index contributed by atoms with van der Waals surface area (Å²) >= 11 is 0. The van der Waals surface area contributed by atoms with Gasteiger partial charge in [0.2, 0.25) is 0 Å². The maximum Gasteiger partial charge on any atom is 0.337 e. The van der Waals surface area contributed by atoms with E-state index in [0.717, 1.165) is 0 Å². The van der Waals surface area contributed by atoms with Crippen LogP contribution in [0.15, 0.2) is 35.0 Å². The van der Waals surface area contributed by atoms with Gasteiger partial charge in [0, 0.05) is 17.5 Å². The number of rotatable bonds is 2. The number of hydrogen-bond acceptors (Lipinski definition) is 5. The molecule has 1 N–H and O–H groups in total. The van der Waals surface area contributed by atoms with Crippen molar-refractivity contribution in [1.82, 2.24) is 0 Å². The molecule has 1 aliphatic rings. The number of methoxy groups -OCH3 is 1. The summed E-state index contributed by atoms with van der Waals surface area (Å²) in [6.07, 6.45) is 0.00301. The van der Waals surface area contributed by atoms with Gasteiger partial charge in [0.05, 0.1) is 12.7 Å². The Kier molecular flexibility index (Phi) is 3.57. The van der Waals surface area contributed by atoms with Crippen molar-refractivity contribution in [3.8, 4) is 0 Å². The fourth-order valence-electron chi connectivity index (χ4n) is 1.88. The molecule has 0 bridgehead atoms. The van der Waals surface area contributed by atoms with Crippen LogP contribution in [0, 0.1) is 0 Å². The molecule has 0 aromatic heterocycles. The second kappa shape index (κ2) is 5.16. The van der Waals surface area contributed by atoms with E-state index in [2.05, 4.69) is 9.73 Å². The number of aliphatic imine (C=N–C) groups is 1. The summed E-state index contributed by atoms with van der Waals surface area (Å²) in [4.78, 5) is 27.2. The summed E-state index contributed by atoms with van der Waals surface area (Å²) in [5.74, 6) is -0.830. The molecule has 0 saturated carbocycles. The number of carbonyl (C=O) groups is 2. The van der Waals surface area contributed by atoms with E-state index in [1.165, 1.54) is 13.3 Å². The minimum absolute atomic E-state index is 0.367. The predicted octanol–water partition coefficient (Wildman–Crippen LogP) is 1.22. The van der Waals surface area contributed by atoms with Gasteiger partial charge >= 0.3 is 5.97 Å². The second-order valence-corrected chi connectivity index (χ2v) is 4.12. The fourth-order valence-corrected chi connectivity index (χ4v) is 1.88. The lowest BCUT2D eigenvalue weighted by Crippen LogP contribution is -2.26. The molecule has 5 nitrogen and oxygen atoms in total. The molecule has 1 heterocycles. The second-order valence-electron chi connectivity index (χ2n) is 4.12. The molecule has 1 unspecified atom stereocenters. The van der Waals surface area contributed by atoms with Gasteiger partial charge < -0.3 is 9.84 Å². The third-order valence-electron chi connectivity index (χ3n) is 2.88. The molecule has 0 amide bonds. The van der Waals surface area contributed by atoms with E-state index in [-0.39, 0.29) is 0 Å². The summed E-state index contributed by atoms with van der Waals surface area (Å²) in [6, 6.07) is 6.41. The highest BCUT2D eigenvalue weighted by Gasteiger charge is 2.25. The lowest BCUT2D eigenvalue weighted by molar-refractivity contribution is -0.118. The van der Waals surface area contributed by atoms with Crippen molar-refractivity contribution in [3.63, 3.8) is 0 Å². The van der Waals surface area contributed by atoms with E-state index in [4.69, 9.17) is 0 Å². The third kappa shape index (κ3) is 2.46. The number of hydrogen-bond donors (Lipinski definition) is 1. The highest BCUT2D eigenvalue weighted by molar-refractivity contribution is 6.29. The molecule has 0 spiro atoms. The maximum absolute atomic E-state index is 11.9. The number of esters is 1. The zero-order valence-electron chi connectivity index (χ0n) is 10.6. The quantitative estimate of drug-likeness (QED) is 0.810. The minimum Gasteiger partial charge on any atom is -0.465 e. The third-order valence-corrected chi connectivity index (χ3v) is 2.88. The van der Waals surface area contributed by atoms with Gasteiger partial charge in [0.15, 0.2) is 11.9 Å². The molecule has 5 heteroatoms. The van der Waals surface area contributed by atoms with E-state index in [1.54, 1.807) is 31.2 Å².